The summed E-state index contributed by atoms with van der Waals surface area (Å²) in [6.45, 7) is 1.50. The van der Waals surface area contributed by atoms with E-state index in [1.807, 2.05) is 14.1 Å². The average molecular weight is 368 g/mol. The average Bonchev–Trinajstić information content (AvgIpc) is 2.59. The van der Waals surface area contributed by atoms with Crippen molar-refractivity contribution in [3.8, 4) is 0 Å². The van der Waals surface area contributed by atoms with Gasteiger partial charge in [0.25, 0.3) is 5.91 Å². The lowest BCUT2D eigenvalue weighted by Gasteiger charge is -2.22. The van der Waals surface area contributed by atoms with Crippen LogP contribution in [-0.4, -0.2) is 52.5 Å². The molecule has 1 aromatic rings. The highest BCUT2D eigenvalue weighted by molar-refractivity contribution is 7.89. The molecule has 0 spiro atoms. The van der Waals surface area contributed by atoms with Crippen LogP contribution in [-0.2, 0) is 10.0 Å². The lowest BCUT2D eigenvalue weighted by Crippen LogP contribution is -2.36. The Morgan fingerprint density at radius 1 is 1.12 bits per heavy atom. The van der Waals surface area contributed by atoms with E-state index in [-0.39, 0.29) is 16.8 Å². The first-order chi connectivity index (χ1) is 11.9. The number of amides is 1. The second-order valence-corrected chi connectivity index (χ2v) is 8.61. The maximum absolute atomic E-state index is 12.4. The number of carbonyl (C=O) groups is 1. The van der Waals surface area contributed by atoms with Gasteiger partial charge in [0, 0.05) is 18.2 Å². The summed E-state index contributed by atoms with van der Waals surface area (Å²) < 4.78 is 27.7. The molecule has 1 aliphatic carbocycles. The molecule has 0 atom stereocenters. The molecular formula is C18H29N3O3S. The highest BCUT2D eigenvalue weighted by Gasteiger charge is 2.22. The molecule has 140 valence electrons. The number of carbonyl (C=O) groups excluding carboxylic acids is 1. The van der Waals surface area contributed by atoms with Gasteiger partial charge in [-0.1, -0.05) is 19.3 Å². The molecule has 0 unspecified atom stereocenters. The van der Waals surface area contributed by atoms with Crippen molar-refractivity contribution in [2.75, 3.05) is 27.2 Å². The third-order valence-corrected chi connectivity index (χ3v) is 5.96. The zero-order valence-electron chi connectivity index (χ0n) is 15.1. The summed E-state index contributed by atoms with van der Waals surface area (Å²) >= 11 is 0. The Bertz CT molecular complexity index is 651. The first-order valence-electron chi connectivity index (χ1n) is 8.94. The van der Waals surface area contributed by atoms with E-state index in [4.69, 9.17) is 0 Å². The molecule has 6 nitrogen and oxygen atoms in total. The zero-order chi connectivity index (χ0) is 18.3. The highest BCUT2D eigenvalue weighted by atomic mass is 32.2. The zero-order valence-corrected chi connectivity index (χ0v) is 15.9. The topological polar surface area (TPSA) is 78.5 Å². The molecule has 0 saturated heterocycles. The molecule has 0 radical (unpaired) electrons. The molecule has 1 saturated carbocycles. The number of hydrogen-bond donors (Lipinski definition) is 2. The summed E-state index contributed by atoms with van der Waals surface area (Å²) in [6, 6.07) is 6.16. The monoisotopic (exact) mass is 367 g/mol. The van der Waals surface area contributed by atoms with Gasteiger partial charge in [0.15, 0.2) is 0 Å². The van der Waals surface area contributed by atoms with Crippen LogP contribution >= 0.6 is 0 Å². The van der Waals surface area contributed by atoms with Crippen molar-refractivity contribution in [2.45, 2.75) is 49.5 Å². The van der Waals surface area contributed by atoms with Crippen molar-refractivity contribution in [2.24, 2.45) is 0 Å². The molecule has 0 aromatic heterocycles. The Hall–Kier alpha value is -1.44. The van der Waals surface area contributed by atoms with Crippen LogP contribution in [0, 0.1) is 0 Å². The normalized spacial score (nSPS) is 16.1. The highest BCUT2D eigenvalue weighted by Crippen LogP contribution is 2.20. The third-order valence-electron chi connectivity index (χ3n) is 4.42. The van der Waals surface area contributed by atoms with Crippen LogP contribution in [0.5, 0.6) is 0 Å². The quantitative estimate of drug-likeness (QED) is 0.689. The molecular weight excluding hydrogens is 338 g/mol. The maximum Gasteiger partial charge on any atom is 0.251 e. The fourth-order valence-corrected chi connectivity index (χ4v) is 4.30. The number of nitrogens with one attached hydrogen (secondary N) is 2. The van der Waals surface area contributed by atoms with Gasteiger partial charge in [-0.2, -0.15) is 0 Å². The van der Waals surface area contributed by atoms with Crippen molar-refractivity contribution in [3.05, 3.63) is 29.8 Å². The first-order valence-corrected chi connectivity index (χ1v) is 10.4. The summed E-state index contributed by atoms with van der Waals surface area (Å²) in [5.74, 6) is -0.178. The van der Waals surface area contributed by atoms with Crippen molar-refractivity contribution >= 4 is 15.9 Å². The molecule has 7 heteroatoms. The lowest BCUT2D eigenvalue weighted by atomic mass is 9.96. The molecule has 0 bridgehead atoms. The fraction of sp³-hybridized carbons (Fsp3) is 0.611. The van der Waals surface area contributed by atoms with E-state index >= 15 is 0 Å². The predicted octanol–water partition coefficient (Wildman–Crippen LogP) is 1.98. The van der Waals surface area contributed by atoms with Gasteiger partial charge in [-0.15, -0.1) is 0 Å². The summed E-state index contributed by atoms with van der Waals surface area (Å²) in [7, 11) is 0.457. The van der Waals surface area contributed by atoms with Crippen molar-refractivity contribution in [3.63, 3.8) is 0 Å². The number of rotatable bonds is 8. The first kappa shape index (κ1) is 19.9. The minimum absolute atomic E-state index is 0.0263. The Morgan fingerprint density at radius 2 is 1.76 bits per heavy atom. The van der Waals surface area contributed by atoms with Gasteiger partial charge < -0.3 is 10.2 Å². The van der Waals surface area contributed by atoms with Gasteiger partial charge in [-0.3, -0.25) is 4.79 Å². The van der Waals surface area contributed by atoms with E-state index < -0.39 is 10.0 Å². The second-order valence-electron chi connectivity index (χ2n) is 6.89. The van der Waals surface area contributed by atoms with E-state index in [2.05, 4.69) is 14.9 Å². The Kier molecular flexibility index (Phi) is 7.40. The molecule has 2 N–H and O–H groups in total. The van der Waals surface area contributed by atoms with Crippen molar-refractivity contribution in [1.82, 2.24) is 14.9 Å². The maximum atomic E-state index is 12.4. The second kappa shape index (κ2) is 9.31. The van der Waals surface area contributed by atoms with E-state index in [9.17, 15) is 13.2 Å². The Labute approximate surface area is 151 Å². The fourth-order valence-electron chi connectivity index (χ4n) is 2.99. The summed E-state index contributed by atoms with van der Waals surface area (Å²) in [5, 5.41) is 2.85. The summed E-state index contributed by atoms with van der Waals surface area (Å²) in [4.78, 5) is 14.3. The van der Waals surface area contributed by atoms with Crippen molar-refractivity contribution in [1.29, 1.82) is 0 Å². The van der Waals surface area contributed by atoms with E-state index in [0.29, 0.717) is 12.1 Å². The molecule has 1 aliphatic rings. The van der Waals surface area contributed by atoms with Gasteiger partial charge in [-0.25, -0.2) is 13.1 Å². The summed E-state index contributed by atoms with van der Waals surface area (Å²) in [6.07, 6.45) is 5.98. The van der Waals surface area contributed by atoms with Gasteiger partial charge >= 0.3 is 0 Å². The van der Waals surface area contributed by atoms with Crippen LogP contribution < -0.4 is 10.0 Å². The molecule has 2 rings (SSSR count). The molecule has 0 heterocycles. The third kappa shape index (κ3) is 6.41. The molecule has 1 aromatic carbocycles. The van der Waals surface area contributed by atoms with Crippen LogP contribution in [0.3, 0.4) is 0 Å². The molecule has 1 amide bonds. The molecule has 25 heavy (non-hydrogen) atoms. The number of hydrogen-bond acceptors (Lipinski definition) is 4. The molecule has 1 fully saturated rings. The molecule has 0 aliphatic heterocycles. The minimum Gasteiger partial charge on any atom is -0.352 e. The summed E-state index contributed by atoms with van der Waals surface area (Å²) in [5.41, 5.74) is 0.474. The Morgan fingerprint density at radius 3 is 2.36 bits per heavy atom. The predicted molar refractivity (Wildman–Crippen MR) is 99.1 cm³/mol. The van der Waals surface area contributed by atoms with Crippen LogP contribution in [0.25, 0.3) is 0 Å². The van der Waals surface area contributed by atoms with Crippen LogP contribution in [0.15, 0.2) is 29.2 Å². The standard InChI is InChI=1S/C18H29N3O3S/c1-21(2)14-6-13-19-18(22)15-9-11-17(12-10-15)25(23,24)20-16-7-4-3-5-8-16/h9-12,16,20H,3-8,13-14H2,1-2H3,(H,19,22). The Balaban J connectivity index is 1.90. The van der Waals surface area contributed by atoms with E-state index in [1.165, 1.54) is 18.6 Å². The van der Waals surface area contributed by atoms with Gasteiger partial charge in [-0.05, 0) is 64.2 Å². The van der Waals surface area contributed by atoms with Gasteiger partial charge in [0.05, 0.1) is 4.90 Å². The van der Waals surface area contributed by atoms with Crippen LogP contribution in [0.1, 0.15) is 48.9 Å². The number of nitrogens with zero attached hydrogens (tertiary/aromatic N) is 1. The minimum atomic E-state index is -3.52. The largest absolute Gasteiger partial charge is 0.352 e. The number of benzene rings is 1. The van der Waals surface area contributed by atoms with Crippen LogP contribution in [0.2, 0.25) is 0 Å². The van der Waals surface area contributed by atoms with Gasteiger partial charge in [0.1, 0.15) is 0 Å². The lowest BCUT2D eigenvalue weighted by molar-refractivity contribution is 0.0952. The number of sulfonamides is 1. The van der Waals surface area contributed by atoms with Crippen molar-refractivity contribution < 1.29 is 13.2 Å². The van der Waals surface area contributed by atoms with E-state index in [0.717, 1.165) is 38.6 Å². The SMILES string of the molecule is CN(C)CCCNC(=O)c1ccc(S(=O)(=O)NC2CCCCC2)cc1. The van der Waals surface area contributed by atoms with Crippen LogP contribution in [0.4, 0.5) is 0 Å². The van der Waals surface area contributed by atoms with Gasteiger partial charge in [0.2, 0.25) is 10.0 Å². The van der Waals surface area contributed by atoms with E-state index in [1.54, 1.807) is 12.1 Å². The smallest absolute Gasteiger partial charge is 0.251 e.